The van der Waals surface area contributed by atoms with Gasteiger partial charge >= 0.3 is 0 Å². The molecule has 0 bridgehead atoms. The fraction of sp³-hybridized carbons (Fsp3) is 0.455. The number of carbonyl (C=O) groups is 3. The van der Waals surface area contributed by atoms with Crippen LogP contribution in [0.1, 0.15) is 53.6 Å². The van der Waals surface area contributed by atoms with E-state index in [-0.39, 0.29) is 40.3 Å². The van der Waals surface area contributed by atoms with Crippen molar-refractivity contribution < 1.29 is 23.5 Å². The van der Waals surface area contributed by atoms with Gasteiger partial charge in [0.25, 0.3) is 11.8 Å². The van der Waals surface area contributed by atoms with Crippen molar-refractivity contribution in [2.24, 2.45) is 11.7 Å². The number of halogens is 2. The first-order valence-electron chi connectivity index (χ1n) is 10.6. The molecule has 1 atom stereocenters. The number of primary amides is 1. The van der Waals surface area contributed by atoms with Crippen LogP contribution < -0.4 is 11.1 Å². The Bertz CT molecular complexity index is 1020. The molecule has 0 unspecified atom stereocenters. The quantitative estimate of drug-likeness (QED) is 0.535. The van der Waals surface area contributed by atoms with Crippen LogP contribution in [0.5, 0.6) is 0 Å². The third kappa shape index (κ3) is 5.69. The average Bonchev–Trinajstić information content (AvgIpc) is 3.27. The molecule has 3 rings (SSSR count). The van der Waals surface area contributed by atoms with Crippen LogP contribution in [0.15, 0.2) is 24.5 Å². The molecule has 1 aliphatic rings. The minimum atomic E-state index is -0.768. The third-order valence-corrected chi connectivity index (χ3v) is 6.17. The summed E-state index contributed by atoms with van der Waals surface area (Å²) in [6.07, 6.45) is 3.50. The smallest absolute Gasteiger partial charge is 0.275 e. The lowest BCUT2D eigenvalue weighted by atomic mass is 9.84. The molecule has 0 spiro atoms. The van der Waals surface area contributed by atoms with Crippen LogP contribution in [0.2, 0.25) is 5.02 Å². The first-order valence-corrected chi connectivity index (χ1v) is 11.0. The SMILES string of the molecule is COC[C@@H](C)N(C(=O)c1nc[nH]c1C(N)=O)[C@H]1CC[C@H](C(=O)Nc2ccc(F)cc2Cl)CC1. The summed E-state index contributed by atoms with van der Waals surface area (Å²) in [5.74, 6) is -2.14. The van der Waals surface area contributed by atoms with Gasteiger partial charge in [0.2, 0.25) is 5.91 Å². The molecule has 2 aromatic rings. The minimum Gasteiger partial charge on any atom is -0.383 e. The Hall–Kier alpha value is -2.98. The van der Waals surface area contributed by atoms with Crippen molar-refractivity contribution >= 4 is 35.0 Å². The molecule has 4 N–H and O–H groups in total. The highest BCUT2D eigenvalue weighted by Crippen LogP contribution is 2.32. The number of nitrogens with two attached hydrogens (primary N) is 1. The van der Waals surface area contributed by atoms with Crippen molar-refractivity contribution in [3.63, 3.8) is 0 Å². The van der Waals surface area contributed by atoms with Crippen LogP contribution in [-0.4, -0.2) is 58.4 Å². The molecule has 0 radical (unpaired) electrons. The lowest BCUT2D eigenvalue weighted by Crippen LogP contribution is -2.50. The second kappa shape index (κ2) is 10.8. The summed E-state index contributed by atoms with van der Waals surface area (Å²) in [7, 11) is 1.55. The number of nitrogens with zero attached hydrogens (tertiary/aromatic N) is 2. The largest absolute Gasteiger partial charge is 0.383 e. The van der Waals surface area contributed by atoms with Gasteiger partial charge in [0.15, 0.2) is 5.69 Å². The Morgan fingerprint density at radius 3 is 2.64 bits per heavy atom. The van der Waals surface area contributed by atoms with Crippen molar-refractivity contribution in [1.29, 1.82) is 0 Å². The van der Waals surface area contributed by atoms with Gasteiger partial charge in [0.05, 0.1) is 29.7 Å². The number of amides is 3. The standard InChI is InChI=1S/C22H27ClFN5O4/c1-12(10-33-2)29(22(32)19-18(20(25)30)26-11-27-19)15-6-3-13(4-7-15)21(31)28-17-8-5-14(24)9-16(17)23/h5,8-9,11-13,15H,3-4,6-7,10H2,1-2H3,(H2,25,30)(H,26,27)(H,28,31)/t12-,13-,15-/m1/s1. The predicted octanol–water partition coefficient (Wildman–Crippen LogP) is 2.98. The number of carbonyl (C=O) groups excluding carboxylic acids is 3. The second-order valence-corrected chi connectivity index (χ2v) is 8.53. The molecule has 9 nitrogen and oxygen atoms in total. The van der Waals surface area contributed by atoms with Gasteiger partial charge in [0.1, 0.15) is 11.5 Å². The van der Waals surface area contributed by atoms with Crippen LogP contribution in [-0.2, 0) is 9.53 Å². The number of methoxy groups -OCH3 is 1. The Labute approximate surface area is 195 Å². The van der Waals surface area contributed by atoms with Crippen molar-refractivity contribution in [1.82, 2.24) is 14.9 Å². The number of hydrogen-bond acceptors (Lipinski definition) is 5. The van der Waals surface area contributed by atoms with Crippen LogP contribution in [0.25, 0.3) is 0 Å². The van der Waals surface area contributed by atoms with Crippen molar-refractivity contribution in [2.75, 3.05) is 19.0 Å². The molecule has 0 saturated heterocycles. The maximum Gasteiger partial charge on any atom is 0.275 e. The number of H-pyrrole nitrogens is 1. The van der Waals surface area contributed by atoms with E-state index >= 15 is 0 Å². The summed E-state index contributed by atoms with van der Waals surface area (Å²) in [5, 5.41) is 2.89. The number of rotatable bonds is 8. The molecule has 11 heteroatoms. The van der Waals surface area contributed by atoms with E-state index in [4.69, 9.17) is 22.1 Å². The van der Waals surface area contributed by atoms with E-state index in [9.17, 15) is 18.8 Å². The van der Waals surface area contributed by atoms with Crippen molar-refractivity contribution in [3.05, 3.63) is 46.8 Å². The van der Waals surface area contributed by atoms with Gasteiger partial charge in [-0.15, -0.1) is 0 Å². The first-order chi connectivity index (χ1) is 15.7. The highest BCUT2D eigenvalue weighted by Gasteiger charge is 2.36. The summed E-state index contributed by atoms with van der Waals surface area (Å²) in [6.45, 7) is 2.15. The molecule has 178 valence electrons. The van der Waals surface area contributed by atoms with Crippen molar-refractivity contribution in [2.45, 2.75) is 44.7 Å². The minimum absolute atomic E-state index is 0.0312. The van der Waals surface area contributed by atoms with Gasteiger partial charge < -0.3 is 25.7 Å². The third-order valence-electron chi connectivity index (χ3n) is 5.86. The summed E-state index contributed by atoms with van der Waals surface area (Å²) < 4.78 is 18.5. The van der Waals surface area contributed by atoms with Gasteiger partial charge in [-0.1, -0.05) is 11.6 Å². The van der Waals surface area contributed by atoms with E-state index in [0.29, 0.717) is 38.0 Å². The van der Waals surface area contributed by atoms with Crippen LogP contribution in [0, 0.1) is 11.7 Å². The Morgan fingerprint density at radius 1 is 1.33 bits per heavy atom. The highest BCUT2D eigenvalue weighted by atomic mass is 35.5. The van der Waals surface area contributed by atoms with E-state index in [1.165, 1.54) is 18.5 Å². The molecule has 1 saturated carbocycles. The number of nitrogens with one attached hydrogen (secondary N) is 2. The van der Waals surface area contributed by atoms with Crippen LogP contribution in [0.4, 0.5) is 10.1 Å². The number of imidazole rings is 1. The van der Waals surface area contributed by atoms with Gasteiger partial charge in [-0.25, -0.2) is 9.37 Å². The highest BCUT2D eigenvalue weighted by molar-refractivity contribution is 6.33. The molecular weight excluding hydrogens is 453 g/mol. The summed E-state index contributed by atoms with van der Waals surface area (Å²) in [5.41, 5.74) is 5.64. The molecule has 0 aliphatic heterocycles. The zero-order chi connectivity index (χ0) is 24.1. The maximum absolute atomic E-state index is 13.3. The van der Waals surface area contributed by atoms with E-state index in [1.807, 2.05) is 6.92 Å². The number of aromatic nitrogens is 2. The van der Waals surface area contributed by atoms with Gasteiger partial charge in [0, 0.05) is 19.1 Å². The summed E-state index contributed by atoms with van der Waals surface area (Å²) >= 11 is 6.01. The molecule has 33 heavy (non-hydrogen) atoms. The second-order valence-electron chi connectivity index (χ2n) is 8.13. The normalized spacial score (nSPS) is 19.0. The summed E-state index contributed by atoms with van der Waals surface area (Å²) in [4.78, 5) is 46.0. The monoisotopic (exact) mass is 479 g/mol. The Balaban J connectivity index is 1.70. The fourth-order valence-corrected chi connectivity index (χ4v) is 4.47. The van der Waals surface area contributed by atoms with E-state index in [2.05, 4.69) is 15.3 Å². The molecule has 1 aromatic carbocycles. The fourth-order valence-electron chi connectivity index (χ4n) is 4.26. The first kappa shape index (κ1) is 24.7. The van der Waals surface area contributed by atoms with Crippen LogP contribution in [0.3, 0.4) is 0 Å². The lowest BCUT2D eigenvalue weighted by Gasteiger charge is -2.39. The van der Waals surface area contributed by atoms with Crippen molar-refractivity contribution in [3.8, 4) is 0 Å². The van der Waals surface area contributed by atoms with E-state index in [0.717, 1.165) is 6.07 Å². The number of benzene rings is 1. The maximum atomic E-state index is 13.3. The molecule has 1 fully saturated rings. The summed E-state index contributed by atoms with van der Waals surface area (Å²) in [6, 6.07) is 3.35. The van der Waals surface area contributed by atoms with E-state index < -0.39 is 17.6 Å². The molecule has 3 amide bonds. The molecule has 1 aliphatic carbocycles. The molecule has 1 heterocycles. The van der Waals surface area contributed by atoms with Gasteiger partial charge in [-0.05, 0) is 50.8 Å². The lowest BCUT2D eigenvalue weighted by molar-refractivity contribution is -0.121. The topological polar surface area (TPSA) is 130 Å². The van der Waals surface area contributed by atoms with E-state index in [1.54, 1.807) is 12.0 Å². The number of ether oxygens (including phenoxy) is 1. The number of anilines is 1. The van der Waals surface area contributed by atoms with Gasteiger partial charge in [-0.3, -0.25) is 14.4 Å². The number of hydrogen-bond donors (Lipinski definition) is 3. The Kier molecular flexibility index (Phi) is 8.04. The molecule has 1 aromatic heterocycles. The zero-order valence-corrected chi connectivity index (χ0v) is 19.2. The Morgan fingerprint density at radius 2 is 2.03 bits per heavy atom. The average molecular weight is 480 g/mol. The van der Waals surface area contributed by atoms with Crippen LogP contribution >= 0.6 is 11.6 Å². The molecular formula is C22H27ClFN5O4. The van der Waals surface area contributed by atoms with Gasteiger partial charge in [-0.2, -0.15) is 0 Å². The number of aromatic amines is 1. The zero-order valence-electron chi connectivity index (χ0n) is 18.4. The predicted molar refractivity (Wildman–Crippen MR) is 120 cm³/mol.